The van der Waals surface area contributed by atoms with Crippen LogP contribution in [0.1, 0.15) is 13.3 Å². The number of hydrogen-bond donors (Lipinski definition) is 3. The molecule has 4 nitrogen and oxygen atoms in total. The molecule has 0 aromatic rings. The van der Waals surface area contributed by atoms with Crippen LogP contribution in [0.2, 0.25) is 0 Å². The van der Waals surface area contributed by atoms with Crippen molar-refractivity contribution in [3.8, 4) is 0 Å². The van der Waals surface area contributed by atoms with Gasteiger partial charge in [0.25, 0.3) is 0 Å². The normalized spacial score (nSPS) is 14.4. The predicted octanol–water partition coefficient (Wildman–Crippen LogP) is -0.448. The Balaban J connectivity index is 3.78. The first kappa shape index (κ1) is 10.2. The lowest BCUT2D eigenvalue weighted by Gasteiger charge is -2.16. The molecule has 0 aliphatic carbocycles. The molecule has 1 atom stereocenters. The third-order valence-corrected chi connectivity index (χ3v) is 1.51. The van der Waals surface area contributed by atoms with Crippen molar-refractivity contribution in [1.82, 2.24) is 10.6 Å². The van der Waals surface area contributed by atoms with Gasteiger partial charge in [-0.2, -0.15) is 0 Å². The van der Waals surface area contributed by atoms with E-state index in [4.69, 9.17) is 5.11 Å². The molecule has 66 valence electrons. The molecule has 0 spiro atoms. The summed E-state index contributed by atoms with van der Waals surface area (Å²) < 4.78 is 0. The van der Waals surface area contributed by atoms with Crippen LogP contribution in [0.3, 0.4) is 0 Å². The van der Waals surface area contributed by atoms with Crippen LogP contribution in [-0.4, -0.2) is 37.8 Å². The summed E-state index contributed by atoms with van der Waals surface area (Å²) in [7, 11) is 3.49. The number of aliphatic imine (C=N–C) groups is 1. The topological polar surface area (TPSA) is 56.6 Å². The highest BCUT2D eigenvalue weighted by Gasteiger charge is 2.04. The molecule has 0 bridgehead atoms. The van der Waals surface area contributed by atoms with Crippen molar-refractivity contribution in [3.63, 3.8) is 0 Å². The summed E-state index contributed by atoms with van der Waals surface area (Å²) in [6.45, 7) is 2.15. The summed E-state index contributed by atoms with van der Waals surface area (Å²) in [6.07, 6.45) is 0.886. The van der Waals surface area contributed by atoms with Crippen molar-refractivity contribution in [2.45, 2.75) is 19.4 Å². The molecule has 0 radical (unpaired) electrons. The van der Waals surface area contributed by atoms with E-state index in [1.165, 1.54) is 0 Å². The van der Waals surface area contributed by atoms with E-state index >= 15 is 0 Å². The van der Waals surface area contributed by atoms with Gasteiger partial charge in [-0.05, 0) is 6.42 Å². The van der Waals surface area contributed by atoms with Gasteiger partial charge in [0.15, 0.2) is 5.96 Å². The monoisotopic (exact) mass is 159 g/mol. The van der Waals surface area contributed by atoms with E-state index in [0.717, 1.165) is 6.42 Å². The second-order valence-corrected chi connectivity index (χ2v) is 2.25. The first-order valence-electron chi connectivity index (χ1n) is 3.80. The number of aliphatic hydroxyl groups excluding tert-OH is 1. The molecule has 0 aliphatic heterocycles. The zero-order chi connectivity index (χ0) is 8.69. The fraction of sp³-hybridized carbons (Fsp3) is 0.857. The predicted molar refractivity (Wildman–Crippen MR) is 46.7 cm³/mol. The lowest BCUT2D eigenvalue weighted by molar-refractivity contribution is 0.252. The Bertz CT molecular complexity index is 121. The fourth-order valence-electron chi connectivity index (χ4n) is 0.719. The molecule has 0 aromatic heterocycles. The molecule has 0 amide bonds. The largest absolute Gasteiger partial charge is 0.394 e. The van der Waals surface area contributed by atoms with Gasteiger partial charge >= 0.3 is 0 Å². The minimum atomic E-state index is 0.0983. The Labute approximate surface area is 67.7 Å². The SMILES string of the molecule is CC[C@@H](CO)NC(=NC)NC. The number of guanidine groups is 1. The average Bonchev–Trinajstić information content (AvgIpc) is 2.07. The van der Waals surface area contributed by atoms with Crippen molar-refractivity contribution in [3.05, 3.63) is 0 Å². The first-order valence-corrected chi connectivity index (χ1v) is 3.80. The summed E-state index contributed by atoms with van der Waals surface area (Å²) in [6, 6.07) is 0.0983. The van der Waals surface area contributed by atoms with Crippen molar-refractivity contribution in [1.29, 1.82) is 0 Å². The maximum absolute atomic E-state index is 8.82. The van der Waals surface area contributed by atoms with Crippen molar-refractivity contribution in [2.24, 2.45) is 4.99 Å². The molecule has 0 fully saturated rings. The Hall–Kier alpha value is -0.770. The van der Waals surface area contributed by atoms with Crippen molar-refractivity contribution in [2.75, 3.05) is 20.7 Å². The lowest BCUT2D eigenvalue weighted by Crippen LogP contribution is -2.43. The van der Waals surface area contributed by atoms with Gasteiger partial charge in [-0.15, -0.1) is 0 Å². The summed E-state index contributed by atoms with van der Waals surface area (Å²) in [4.78, 5) is 3.93. The molecular formula is C7H17N3O. The number of aliphatic hydroxyl groups is 1. The number of nitrogens with one attached hydrogen (secondary N) is 2. The van der Waals surface area contributed by atoms with Crippen LogP contribution in [-0.2, 0) is 0 Å². The maximum Gasteiger partial charge on any atom is 0.191 e. The zero-order valence-electron chi connectivity index (χ0n) is 7.39. The standard InChI is InChI=1S/C7H17N3O/c1-4-6(5-11)10-7(8-2)9-3/h6,11H,4-5H2,1-3H3,(H2,8,9,10)/t6-/m0/s1. The minimum absolute atomic E-state index is 0.0983. The van der Waals surface area contributed by atoms with E-state index in [0.29, 0.717) is 5.96 Å². The molecule has 0 saturated heterocycles. The van der Waals surface area contributed by atoms with Gasteiger partial charge in [0, 0.05) is 14.1 Å². The van der Waals surface area contributed by atoms with Crippen molar-refractivity contribution >= 4 is 5.96 Å². The molecule has 0 saturated carbocycles. The summed E-state index contributed by atoms with van der Waals surface area (Å²) in [5, 5.41) is 14.7. The van der Waals surface area contributed by atoms with E-state index in [9.17, 15) is 0 Å². The van der Waals surface area contributed by atoms with E-state index in [2.05, 4.69) is 15.6 Å². The summed E-state index contributed by atoms with van der Waals surface area (Å²) >= 11 is 0. The highest BCUT2D eigenvalue weighted by atomic mass is 16.3. The van der Waals surface area contributed by atoms with Gasteiger partial charge in [-0.3, -0.25) is 4.99 Å². The van der Waals surface area contributed by atoms with E-state index in [1.54, 1.807) is 14.1 Å². The number of nitrogens with zero attached hydrogens (tertiary/aromatic N) is 1. The van der Waals surface area contributed by atoms with Gasteiger partial charge in [-0.25, -0.2) is 0 Å². The zero-order valence-corrected chi connectivity index (χ0v) is 7.39. The highest BCUT2D eigenvalue weighted by Crippen LogP contribution is 1.87. The van der Waals surface area contributed by atoms with Crippen LogP contribution < -0.4 is 10.6 Å². The van der Waals surface area contributed by atoms with Crippen LogP contribution in [0.25, 0.3) is 0 Å². The van der Waals surface area contributed by atoms with E-state index < -0.39 is 0 Å². The Kier molecular flexibility index (Phi) is 5.56. The molecule has 0 rings (SSSR count). The second kappa shape index (κ2) is 5.97. The van der Waals surface area contributed by atoms with Gasteiger partial charge in [-0.1, -0.05) is 6.92 Å². The molecular weight excluding hydrogens is 142 g/mol. The molecule has 4 heteroatoms. The minimum Gasteiger partial charge on any atom is -0.394 e. The molecule has 0 unspecified atom stereocenters. The summed E-state index contributed by atoms with van der Waals surface area (Å²) in [5.41, 5.74) is 0. The van der Waals surface area contributed by atoms with Gasteiger partial charge < -0.3 is 15.7 Å². The molecule has 3 N–H and O–H groups in total. The maximum atomic E-state index is 8.82. The summed E-state index contributed by atoms with van der Waals surface area (Å²) in [5.74, 6) is 0.714. The van der Waals surface area contributed by atoms with Crippen LogP contribution in [0, 0.1) is 0 Å². The highest BCUT2D eigenvalue weighted by molar-refractivity contribution is 5.79. The van der Waals surface area contributed by atoms with Gasteiger partial charge in [0.2, 0.25) is 0 Å². The van der Waals surface area contributed by atoms with Crippen LogP contribution in [0.5, 0.6) is 0 Å². The third kappa shape index (κ3) is 3.83. The third-order valence-electron chi connectivity index (χ3n) is 1.51. The quantitative estimate of drug-likeness (QED) is 0.386. The second-order valence-electron chi connectivity index (χ2n) is 2.25. The Morgan fingerprint density at radius 2 is 2.27 bits per heavy atom. The Morgan fingerprint density at radius 1 is 1.64 bits per heavy atom. The molecule has 0 aromatic carbocycles. The fourth-order valence-corrected chi connectivity index (χ4v) is 0.719. The lowest BCUT2D eigenvalue weighted by atomic mass is 10.2. The van der Waals surface area contributed by atoms with Crippen LogP contribution in [0.4, 0.5) is 0 Å². The number of hydrogen-bond acceptors (Lipinski definition) is 2. The molecule has 11 heavy (non-hydrogen) atoms. The van der Waals surface area contributed by atoms with Crippen molar-refractivity contribution < 1.29 is 5.11 Å². The average molecular weight is 159 g/mol. The first-order chi connectivity index (χ1) is 5.28. The number of rotatable bonds is 3. The van der Waals surface area contributed by atoms with Gasteiger partial charge in [0.1, 0.15) is 0 Å². The van der Waals surface area contributed by atoms with Gasteiger partial charge in [0.05, 0.1) is 12.6 Å². The smallest absolute Gasteiger partial charge is 0.191 e. The van der Waals surface area contributed by atoms with E-state index in [-0.39, 0.29) is 12.6 Å². The molecule has 0 heterocycles. The Morgan fingerprint density at radius 3 is 2.55 bits per heavy atom. The molecule has 0 aliphatic rings. The van der Waals surface area contributed by atoms with E-state index in [1.807, 2.05) is 6.92 Å². The van der Waals surface area contributed by atoms with Crippen LogP contribution >= 0.6 is 0 Å². The van der Waals surface area contributed by atoms with Crippen LogP contribution in [0.15, 0.2) is 4.99 Å².